The molecule has 0 aromatic carbocycles. The lowest BCUT2D eigenvalue weighted by atomic mass is 10.2. The minimum Gasteiger partial charge on any atom is -0.352 e. The summed E-state index contributed by atoms with van der Waals surface area (Å²) >= 11 is 0. The molecular weight excluding hydrogens is 190 g/mol. The molecule has 0 aliphatic rings. The summed E-state index contributed by atoms with van der Waals surface area (Å²) in [5.41, 5.74) is 6.96. The minimum absolute atomic E-state index is 0.0822. The van der Waals surface area contributed by atoms with E-state index in [0.29, 0.717) is 12.1 Å². The molecule has 0 saturated carbocycles. The van der Waals surface area contributed by atoms with Crippen LogP contribution in [0.4, 0.5) is 0 Å². The van der Waals surface area contributed by atoms with Crippen LogP contribution in [0.1, 0.15) is 29.4 Å². The fourth-order valence-corrected chi connectivity index (χ4v) is 1.23. The van der Waals surface area contributed by atoms with Gasteiger partial charge in [0.2, 0.25) is 0 Å². The van der Waals surface area contributed by atoms with Crippen molar-refractivity contribution in [1.29, 1.82) is 0 Å². The number of carbonyl (C=O) groups is 1. The van der Waals surface area contributed by atoms with Crippen molar-refractivity contribution in [3.05, 3.63) is 29.6 Å². The number of amides is 1. The van der Waals surface area contributed by atoms with E-state index in [9.17, 15) is 4.79 Å². The number of pyridine rings is 1. The standard InChI is InChI=1S/C11H17N3O/c1-8(12)5-7-14-11(15)10-4-3-6-13-9(10)2/h3-4,6,8H,5,7,12H2,1-2H3,(H,14,15). The van der Waals surface area contributed by atoms with Gasteiger partial charge in [0.1, 0.15) is 0 Å². The monoisotopic (exact) mass is 207 g/mol. The maximum absolute atomic E-state index is 11.7. The van der Waals surface area contributed by atoms with Crippen LogP contribution in [0.15, 0.2) is 18.3 Å². The number of hydrogen-bond acceptors (Lipinski definition) is 3. The van der Waals surface area contributed by atoms with Crippen LogP contribution in [-0.4, -0.2) is 23.5 Å². The second-order valence-electron chi connectivity index (χ2n) is 3.66. The normalized spacial score (nSPS) is 12.2. The molecule has 15 heavy (non-hydrogen) atoms. The first-order chi connectivity index (χ1) is 7.11. The molecule has 0 saturated heterocycles. The van der Waals surface area contributed by atoms with Crippen LogP contribution in [0.2, 0.25) is 0 Å². The molecule has 4 nitrogen and oxygen atoms in total. The molecule has 1 heterocycles. The highest BCUT2D eigenvalue weighted by Crippen LogP contribution is 2.02. The fourth-order valence-electron chi connectivity index (χ4n) is 1.23. The van der Waals surface area contributed by atoms with Gasteiger partial charge in [-0.1, -0.05) is 0 Å². The van der Waals surface area contributed by atoms with Crippen molar-refractivity contribution in [2.45, 2.75) is 26.3 Å². The Kier molecular flexibility index (Phi) is 4.24. The van der Waals surface area contributed by atoms with Crippen LogP contribution in [0, 0.1) is 6.92 Å². The molecule has 4 heteroatoms. The van der Waals surface area contributed by atoms with Gasteiger partial charge < -0.3 is 11.1 Å². The van der Waals surface area contributed by atoms with Crippen LogP contribution in [0.5, 0.6) is 0 Å². The third-order valence-electron chi connectivity index (χ3n) is 2.14. The zero-order chi connectivity index (χ0) is 11.3. The number of nitrogens with one attached hydrogen (secondary N) is 1. The predicted molar refractivity (Wildman–Crippen MR) is 59.6 cm³/mol. The van der Waals surface area contributed by atoms with Crippen molar-refractivity contribution in [1.82, 2.24) is 10.3 Å². The van der Waals surface area contributed by atoms with Crippen LogP contribution >= 0.6 is 0 Å². The zero-order valence-electron chi connectivity index (χ0n) is 9.16. The van der Waals surface area contributed by atoms with E-state index < -0.39 is 0 Å². The van der Waals surface area contributed by atoms with Gasteiger partial charge in [-0.25, -0.2) is 0 Å². The van der Waals surface area contributed by atoms with Crippen LogP contribution < -0.4 is 11.1 Å². The van der Waals surface area contributed by atoms with E-state index in [-0.39, 0.29) is 11.9 Å². The first-order valence-corrected chi connectivity index (χ1v) is 5.06. The second-order valence-corrected chi connectivity index (χ2v) is 3.66. The maximum Gasteiger partial charge on any atom is 0.253 e. The molecule has 1 aromatic rings. The summed E-state index contributed by atoms with van der Waals surface area (Å²) in [6, 6.07) is 3.64. The number of aryl methyl sites for hydroxylation is 1. The van der Waals surface area contributed by atoms with E-state index in [2.05, 4.69) is 10.3 Å². The number of hydrogen-bond donors (Lipinski definition) is 2. The summed E-state index contributed by atoms with van der Waals surface area (Å²) in [7, 11) is 0. The van der Waals surface area contributed by atoms with Crippen molar-refractivity contribution in [3.8, 4) is 0 Å². The van der Waals surface area contributed by atoms with Crippen LogP contribution in [0.25, 0.3) is 0 Å². The number of carbonyl (C=O) groups excluding carboxylic acids is 1. The van der Waals surface area contributed by atoms with Crippen LogP contribution in [0.3, 0.4) is 0 Å². The Balaban J connectivity index is 2.51. The van der Waals surface area contributed by atoms with E-state index in [1.54, 1.807) is 18.3 Å². The summed E-state index contributed by atoms with van der Waals surface area (Å²) in [6.07, 6.45) is 2.46. The topological polar surface area (TPSA) is 68.0 Å². The van der Waals surface area contributed by atoms with Crippen molar-refractivity contribution in [2.24, 2.45) is 5.73 Å². The van der Waals surface area contributed by atoms with Crippen molar-refractivity contribution < 1.29 is 4.79 Å². The Morgan fingerprint density at radius 3 is 3.00 bits per heavy atom. The molecule has 1 amide bonds. The lowest BCUT2D eigenvalue weighted by Gasteiger charge is -2.08. The van der Waals surface area contributed by atoms with Crippen LogP contribution in [-0.2, 0) is 0 Å². The second kappa shape index (κ2) is 5.46. The van der Waals surface area contributed by atoms with Gasteiger partial charge in [-0.2, -0.15) is 0 Å². The lowest BCUT2D eigenvalue weighted by Crippen LogP contribution is -2.29. The summed E-state index contributed by atoms with van der Waals surface area (Å²) in [5.74, 6) is -0.0822. The third-order valence-corrected chi connectivity index (χ3v) is 2.14. The lowest BCUT2D eigenvalue weighted by molar-refractivity contribution is 0.0952. The first-order valence-electron chi connectivity index (χ1n) is 5.06. The Labute approximate surface area is 89.9 Å². The molecule has 1 rings (SSSR count). The maximum atomic E-state index is 11.7. The minimum atomic E-state index is -0.0822. The van der Waals surface area contributed by atoms with Crippen molar-refractivity contribution in [2.75, 3.05) is 6.54 Å². The Morgan fingerprint density at radius 1 is 1.67 bits per heavy atom. The molecule has 3 N–H and O–H groups in total. The molecule has 0 aliphatic carbocycles. The molecule has 82 valence electrons. The van der Waals surface area contributed by atoms with Gasteiger partial charge in [0.25, 0.3) is 5.91 Å². The Bertz CT molecular complexity index is 336. The highest BCUT2D eigenvalue weighted by Gasteiger charge is 2.08. The summed E-state index contributed by atoms with van der Waals surface area (Å²) in [4.78, 5) is 15.7. The van der Waals surface area contributed by atoms with E-state index in [1.807, 2.05) is 13.8 Å². The molecule has 1 unspecified atom stereocenters. The molecule has 0 aliphatic heterocycles. The van der Waals surface area contributed by atoms with Crippen molar-refractivity contribution in [3.63, 3.8) is 0 Å². The first kappa shape index (κ1) is 11.7. The quantitative estimate of drug-likeness (QED) is 0.769. The van der Waals surface area contributed by atoms with Gasteiger partial charge in [-0.15, -0.1) is 0 Å². The smallest absolute Gasteiger partial charge is 0.253 e. The fraction of sp³-hybridized carbons (Fsp3) is 0.455. The molecule has 1 atom stereocenters. The van der Waals surface area contributed by atoms with E-state index in [1.165, 1.54) is 0 Å². The van der Waals surface area contributed by atoms with Gasteiger partial charge in [0, 0.05) is 24.5 Å². The molecule has 1 aromatic heterocycles. The average molecular weight is 207 g/mol. The zero-order valence-corrected chi connectivity index (χ0v) is 9.16. The molecule has 0 spiro atoms. The number of nitrogens with two attached hydrogens (primary N) is 1. The highest BCUT2D eigenvalue weighted by atomic mass is 16.1. The average Bonchev–Trinajstić information content (AvgIpc) is 2.17. The number of rotatable bonds is 4. The van der Waals surface area contributed by atoms with E-state index in [4.69, 9.17) is 5.73 Å². The molecule has 0 fully saturated rings. The largest absolute Gasteiger partial charge is 0.352 e. The summed E-state index contributed by atoms with van der Waals surface area (Å²) in [5, 5.41) is 2.81. The molecule has 0 radical (unpaired) electrons. The third kappa shape index (κ3) is 3.67. The van der Waals surface area contributed by atoms with E-state index >= 15 is 0 Å². The number of nitrogens with zero attached hydrogens (tertiary/aromatic N) is 1. The molecule has 0 bridgehead atoms. The van der Waals surface area contributed by atoms with Gasteiger partial charge in [-0.3, -0.25) is 9.78 Å². The Hall–Kier alpha value is -1.42. The van der Waals surface area contributed by atoms with Gasteiger partial charge in [0.05, 0.1) is 5.56 Å². The van der Waals surface area contributed by atoms with Gasteiger partial charge >= 0.3 is 0 Å². The number of aromatic nitrogens is 1. The summed E-state index contributed by atoms with van der Waals surface area (Å²) in [6.45, 7) is 4.34. The summed E-state index contributed by atoms with van der Waals surface area (Å²) < 4.78 is 0. The predicted octanol–water partition coefficient (Wildman–Crippen LogP) is 0.857. The van der Waals surface area contributed by atoms with Crippen molar-refractivity contribution >= 4 is 5.91 Å². The highest BCUT2D eigenvalue weighted by molar-refractivity contribution is 5.95. The molecular formula is C11H17N3O. The van der Waals surface area contributed by atoms with Gasteiger partial charge in [-0.05, 0) is 32.4 Å². The van der Waals surface area contributed by atoms with Gasteiger partial charge in [0.15, 0.2) is 0 Å². The van der Waals surface area contributed by atoms with E-state index in [0.717, 1.165) is 12.1 Å². The Morgan fingerprint density at radius 2 is 2.40 bits per heavy atom. The SMILES string of the molecule is Cc1ncccc1C(=O)NCCC(C)N.